The van der Waals surface area contributed by atoms with E-state index < -0.39 is 0 Å². The summed E-state index contributed by atoms with van der Waals surface area (Å²) in [7, 11) is 4.66. The van der Waals surface area contributed by atoms with E-state index in [0.717, 1.165) is 24.1 Å². The Morgan fingerprint density at radius 2 is 1.69 bits per heavy atom. The van der Waals surface area contributed by atoms with Gasteiger partial charge in [0.15, 0.2) is 17.3 Å². The quantitative estimate of drug-likeness (QED) is 0.412. The van der Waals surface area contributed by atoms with Crippen LogP contribution in [0.3, 0.4) is 0 Å². The molecule has 0 aromatic heterocycles. The first-order valence-corrected chi connectivity index (χ1v) is 11.5. The van der Waals surface area contributed by atoms with Gasteiger partial charge in [-0.3, -0.25) is 4.79 Å². The number of allylic oxidation sites excluding steroid dienone is 2. The summed E-state index contributed by atoms with van der Waals surface area (Å²) in [4.78, 5) is 18.3. The van der Waals surface area contributed by atoms with Crippen molar-refractivity contribution >= 4 is 23.5 Å². The fraction of sp³-hybridized carbons (Fsp3) is 0.321. The minimum absolute atomic E-state index is 0.0110. The normalized spacial score (nSPS) is 19.6. The molecular weight excluding hydrogens is 442 g/mol. The molecule has 2 aromatic carbocycles. The SMILES string of the molecule is COc1cc(C=C2N=C(c3ccccc3)N(N=C3CC(C)=CC(C)(C)C3)C2=O)cc(OC)c1OC. The van der Waals surface area contributed by atoms with Crippen molar-refractivity contribution < 1.29 is 19.0 Å². The average molecular weight is 474 g/mol. The van der Waals surface area contributed by atoms with E-state index in [4.69, 9.17) is 24.3 Å². The van der Waals surface area contributed by atoms with Gasteiger partial charge >= 0.3 is 0 Å². The van der Waals surface area contributed by atoms with Crippen LogP contribution < -0.4 is 14.2 Å². The van der Waals surface area contributed by atoms with Gasteiger partial charge in [0.05, 0.1) is 21.3 Å². The molecule has 0 saturated heterocycles. The van der Waals surface area contributed by atoms with Gasteiger partial charge in [0.2, 0.25) is 5.75 Å². The Kier molecular flexibility index (Phi) is 6.78. The largest absolute Gasteiger partial charge is 0.493 e. The summed E-state index contributed by atoms with van der Waals surface area (Å²) in [5.74, 6) is 1.71. The Morgan fingerprint density at radius 1 is 1.03 bits per heavy atom. The van der Waals surface area contributed by atoms with E-state index in [0.29, 0.717) is 28.6 Å². The van der Waals surface area contributed by atoms with E-state index in [1.165, 1.54) is 10.6 Å². The molecule has 182 valence electrons. The fourth-order valence-corrected chi connectivity index (χ4v) is 4.61. The van der Waals surface area contributed by atoms with Crippen molar-refractivity contribution in [3.63, 3.8) is 0 Å². The molecule has 1 aliphatic carbocycles. The van der Waals surface area contributed by atoms with Crippen LogP contribution in [0.25, 0.3) is 6.08 Å². The van der Waals surface area contributed by atoms with Crippen LogP contribution in [0.1, 0.15) is 44.7 Å². The van der Waals surface area contributed by atoms with E-state index in [1.54, 1.807) is 39.5 Å². The van der Waals surface area contributed by atoms with Crippen molar-refractivity contribution in [1.82, 2.24) is 5.01 Å². The number of amides is 1. The zero-order chi connectivity index (χ0) is 25.2. The van der Waals surface area contributed by atoms with Crippen LogP contribution in [0.2, 0.25) is 0 Å². The second-order valence-electron chi connectivity index (χ2n) is 9.41. The summed E-state index contributed by atoms with van der Waals surface area (Å²) in [6.45, 7) is 6.46. The van der Waals surface area contributed by atoms with E-state index in [-0.39, 0.29) is 17.0 Å². The predicted octanol–water partition coefficient (Wildman–Crippen LogP) is 5.46. The fourth-order valence-electron chi connectivity index (χ4n) is 4.61. The Labute approximate surface area is 206 Å². The molecule has 2 aliphatic rings. The lowest BCUT2D eigenvalue weighted by Gasteiger charge is -2.28. The first-order valence-electron chi connectivity index (χ1n) is 11.5. The van der Waals surface area contributed by atoms with Crippen LogP contribution in [0, 0.1) is 5.41 Å². The van der Waals surface area contributed by atoms with Gasteiger partial charge in [-0.25, -0.2) is 4.99 Å². The van der Waals surface area contributed by atoms with Crippen molar-refractivity contribution in [2.75, 3.05) is 21.3 Å². The molecule has 0 bridgehead atoms. The maximum absolute atomic E-state index is 13.6. The second-order valence-corrected chi connectivity index (χ2v) is 9.41. The third-order valence-corrected chi connectivity index (χ3v) is 5.88. The molecule has 0 atom stereocenters. The maximum atomic E-state index is 13.6. The molecule has 1 aliphatic heterocycles. The van der Waals surface area contributed by atoms with Crippen LogP contribution in [-0.2, 0) is 4.79 Å². The third kappa shape index (κ3) is 5.14. The Hall–Kier alpha value is -3.87. The Bertz CT molecular complexity index is 1230. The predicted molar refractivity (Wildman–Crippen MR) is 138 cm³/mol. The minimum atomic E-state index is -0.282. The molecular formula is C28H31N3O4. The van der Waals surface area contributed by atoms with E-state index in [1.807, 2.05) is 30.3 Å². The number of ether oxygens (including phenoxy) is 3. The molecule has 7 nitrogen and oxygen atoms in total. The van der Waals surface area contributed by atoms with Crippen molar-refractivity contribution in [3.05, 3.63) is 70.9 Å². The van der Waals surface area contributed by atoms with Crippen molar-refractivity contribution in [2.24, 2.45) is 15.5 Å². The van der Waals surface area contributed by atoms with Gasteiger partial charge in [-0.1, -0.05) is 55.8 Å². The number of amidine groups is 1. The number of rotatable bonds is 6. The highest BCUT2D eigenvalue weighted by Crippen LogP contribution is 2.39. The smallest absolute Gasteiger partial charge is 0.298 e. The van der Waals surface area contributed by atoms with Gasteiger partial charge in [-0.2, -0.15) is 10.1 Å². The number of hydrogen-bond acceptors (Lipinski definition) is 6. The number of hydrazone groups is 1. The second kappa shape index (κ2) is 9.78. The summed E-state index contributed by atoms with van der Waals surface area (Å²) in [5, 5.41) is 6.26. The van der Waals surface area contributed by atoms with Gasteiger partial charge in [-0.05, 0) is 42.5 Å². The van der Waals surface area contributed by atoms with E-state index in [9.17, 15) is 4.79 Å². The molecule has 7 heteroatoms. The van der Waals surface area contributed by atoms with Crippen molar-refractivity contribution in [3.8, 4) is 17.2 Å². The highest BCUT2D eigenvalue weighted by atomic mass is 16.5. The van der Waals surface area contributed by atoms with Crippen molar-refractivity contribution in [2.45, 2.75) is 33.6 Å². The molecule has 0 unspecified atom stereocenters. The van der Waals surface area contributed by atoms with Crippen LogP contribution in [-0.4, -0.2) is 43.8 Å². The lowest BCUT2D eigenvalue weighted by Crippen LogP contribution is -2.31. The molecule has 0 spiro atoms. The summed E-state index contributed by atoms with van der Waals surface area (Å²) < 4.78 is 16.3. The zero-order valence-electron chi connectivity index (χ0n) is 21.1. The molecule has 35 heavy (non-hydrogen) atoms. The number of nitrogens with zero attached hydrogens (tertiary/aromatic N) is 3. The molecule has 4 rings (SSSR count). The molecule has 0 saturated carbocycles. The number of methoxy groups -OCH3 is 3. The van der Waals surface area contributed by atoms with Gasteiger partial charge in [0.1, 0.15) is 5.70 Å². The first kappa shape index (κ1) is 24.3. The number of carbonyl (C=O) groups is 1. The monoisotopic (exact) mass is 473 g/mol. The first-order chi connectivity index (χ1) is 16.7. The van der Waals surface area contributed by atoms with Crippen LogP contribution >= 0.6 is 0 Å². The van der Waals surface area contributed by atoms with E-state index in [2.05, 4.69) is 26.8 Å². The minimum Gasteiger partial charge on any atom is -0.493 e. The third-order valence-electron chi connectivity index (χ3n) is 5.88. The number of aliphatic imine (C=N–C) groups is 1. The van der Waals surface area contributed by atoms with Crippen LogP contribution in [0.4, 0.5) is 0 Å². The topological polar surface area (TPSA) is 72.7 Å². The standard InChI is InChI=1S/C28H31N3O4/c1-18-12-21(17-28(2,3)16-18)30-31-26(20-10-8-7-9-11-20)29-22(27(31)32)13-19-14-23(33-4)25(35-6)24(15-19)34-5/h7-11,13-16H,12,17H2,1-6H3. The summed E-state index contributed by atoms with van der Waals surface area (Å²) in [6.07, 6.45) is 5.51. The lowest BCUT2D eigenvalue weighted by atomic mass is 9.79. The molecule has 1 heterocycles. The summed E-state index contributed by atoms with van der Waals surface area (Å²) >= 11 is 0. The van der Waals surface area contributed by atoms with Gasteiger partial charge < -0.3 is 14.2 Å². The van der Waals surface area contributed by atoms with E-state index >= 15 is 0 Å². The maximum Gasteiger partial charge on any atom is 0.298 e. The Morgan fingerprint density at radius 3 is 2.26 bits per heavy atom. The van der Waals surface area contributed by atoms with Crippen LogP contribution in [0.5, 0.6) is 17.2 Å². The number of carbonyl (C=O) groups excluding carboxylic acids is 1. The van der Waals surface area contributed by atoms with Gasteiger partial charge in [0, 0.05) is 17.7 Å². The molecule has 1 amide bonds. The van der Waals surface area contributed by atoms with Crippen molar-refractivity contribution in [1.29, 1.82) is 0 Å². The molecule has 0 fully saturated rings. The zero-order valence-corrected chi connectivity index (χ0v) is 21.1. The summed E-state index contributed by atoms with van der Waals surface area (Å²) in [5.41, 5.74) is 4.00. The van der Waals surface area contributed by atoms with Gasteiger partial charge in [-0.15, -0.1) is 0 Å². The highest BCUT2D eigenvalue weighted by Gasteiger charge is 2.33. The molecule has 0 radical (unpaired) electrons. The number of benzene rings is 2. The Balaban J connectivity index is 1.78. The lowest BCUT2D eigenvalue weighted by molar-refractivity contribution is -0.122. The number of hydrogen-bond donors (Lipinski definition) is 0. The van der Waals surface area contributed by atoms with Crippen LogP contribution in [0.15, 0.2) is 69.9 Å². The molecule has 0 N–H and O–H groups in total. The highest BCUT2D eigenvalue weighted by molar-refractivity contribution is 6.20. The average Bonchev–Trinajstić information content (AvgIpc) is 3.12. The van der Waals surface area contributed by atoms with Gasteiger partial charge in [0.25, 0.3) is 5.91 Å². The summed E-state index contributed by atoms with van der Waals surface area (Å²) in [6, 6.07) is 13.2. The molecule has 2 aromatic rings.